The van der Waals surface area contributed by atoms with Gasteiger partial charge in [-0.2, -0.15) is 16.9 Å². The van der Waals surface area contributed by atoms with Gasteiger partial charge in [-0.15, -0.1) is 5.10 Å². The molecule has 3 rings (SSSR count). The summed E-state index contributed by atoms with van der Waals surface area (Å²) >= 11 is 1.78. The fourth-order valence-electron chi connectivity index (χ4n) is 2.89. The summed E-state index contributed by atoms with van der Waals surface area (Å²) in [5.74, 6) is 3.97. The average molecular weight is 332 g/mol. The van der Waals surface area contributed by atoms with Crippen LogP contribution in [0.4, 0.5) is 5.82 Å². The lowest BCUT2D eigenvalue weighted by atomic mass is 10.1. The fraction of sp³-hybridized carbons (Fsp3) is 0.529. The number of furan rings is 1. The summed E-state index contributed by atoms with van der Waals surface area (Å²) in [7, 11) is 0. The highest BCUT2D eigenvalue weighted by Crippen LogP contribution is 2.18. The van der Waals surface area contributed by atoms with Gasteiger partial charge in [0.25, 0.3) is 0 Å². The molecule has 1 aliphatic rings. The topological polar surface area (TPSA) is 54.2 Å². The van der Waals surface area contributed by atoms with Crippen LogP contribution in [0, 0.1) is 6.92 Å². The van der Waals surface area contributed by atoms with Crippen molar-refractivity contribution < 1.29 is 4.42 Å². The zero-order chi connectivity index (χ0) is 16.1. The first kappa shape index (κ1) is 16.3. The first-order chi connectivity index (χ1) is 11.2. The molecule has 2 aromatic heterocycles. The Morgan fingerprint density at radius 3 is 2.91 bits per heavy atom. The number of hydrogen-bond donors (Lipinski definition) is 1. The van der Waals surface area contributed by atoms with E-state index in [4.69, 9.17) is 4.42 Å². The van der Waals surface area contributed by atoms with Crippen LogP contribution in [0.15, 0.2) is 28.7 Å². The molecule has 124 valence electrons. The minimum Gasteiger partial charge on any atom is -0.464 e. The highest BCUT2D eigenvalue weighted by atomic mass is 32.2. The van der Waals surface area contributed by atoms with E-state index in [1.54, 1.807) is 11.8 Å². The molecule has 0 unspecified atom stereocenters. The van der Waals surface area contributed by atoms with Gasteiger partial charge in [0.1, 0.15) is 11.5 Å². The molecule has 23 heavy (non-hydrogen) atoms. The summed E-state index contributed by atoms with van der Waals surface area (Å²) < 4.78 is 5.82. The smallest absolute Gasteiger partial charge is 0.151 e. The van der Waals surface area contributed by atoms with Crippen molar-refractivity contribution in [2.45, 2.75) is 38.1 Å². The predicted octanol–water partition coefficient (Wildman–Crippen LogP) is 3.00. The van der Waals surface area contributed by atoms with Crippen LogP contribution in [0.2, 0.25) is 0 Å². The van der Waals surface area contributed by atoms with Crippen molar-refractivity contribution in [1.29, 1.82) is 0 Å². The molecule has 6 heteroatoms. The van der Waals surface area contributed by atoms with Crippen LogP contribution in [0.3, 0.4) is 0 Å². The standard InChI is InChI=1S/C17H24N4OS/c1-13-5-8-17(20-19-13)21-9-3-4-14(11-21)18-10-15-6-7-16(22-15)12-23-2/h5-8,14,18H,3-4,9-12H2,1-2H3/t14-/m1/s1. The van der Waals surface area contributed by atoms with E-state index in [-0.39, 0.29) is 0 Å². The van der Waals surface area contributed by atoms with Gasteiger partial charge >= 0.3 is 0 Å². The quantitative estimate of drug-likeness (QED) is 0.877. The van der Waals surface area contributed by atoms with Crippen LogP contribution in [0.5, 0.6) is 0 Å². The third-order valence-corrected chi connectivity index (χ3v) is 4.67. The summed E-state index contributed by atoms with van der Waals surface area (Å²) in [4.78, 5) is 2.31. The van der Waals surface area contributed by atoms with Crippen molar-refractivity contribution in [2.75, 3.05) is 24.2 Å². The van der Waals surface area contributed by atoms with Gasteiger partial charge in [0.05, 0.1) is 18.0 Å². The van der Waals surface area contributed by atoms with E-state index in [0.717, 1.165) is 48.4 Å². The van der Waals surface area contributed by atoms with Crippen LogP contribution in [0.25, 0.3) is 0 Å². The summed E-state index contributed by atoms with van der Waals surface area (Å²) in [5.41, 5.74) is 0.958. The number of rotatable bonds is 6. The Labute approximate surface area is 141 Å². The summed E-state index contributed by atoms with van der Waals surface area (Å²) in [6, 6.07) is 8.69. The molecule has 0 bridgehead atoms. The highest BCUT2D eigenvalue weighted by molar-refractivity contribution is 7.97. The van der Waals surface area contributed by atoms with Gasteiger partial charge in [-0.25, -0.2) is 0 Å². The van der Waals surface area contributed by atoms with Gasteiger partial charge in [-0.1, -0.05) is 0 Å². The molecule has 1 N–H and O–H groups in total. The molecular formula is C17H24N4OS. The van der Waals surface area contributed by atoms with E-state index in [0.29, 0.717) is 6.04 Å². The van der Waals surface area contributed by atoms with Gasteiger partial charge in [-0.3, -0.25) is 0 Å². The van der Waals surface area contributed by atoms with Gasteiger partial charge in [-0.05, 0) is 50.3 Å². The summed E-state index contributed by atoms with van der Waals surface area (Å²) in [5, 5.41) is 12.1. The largest absolute Gasteiger partial charge is 0.464 e. The minimum absolute atomic E-state index is 0.459. The Morgan fingerprint density at radius 2 is 2.13 bits per heavy atom. The number of aromatic nitrogens is 2. The number of nitrogens with one attached hydrogen (secondary N) is 1. The molecule has 5 nitrogen and oxygen atoms in total. The summed E-state index contributed by atoms with van der Waals surface area (Å²) in [6.45, 7) is 4.77. The molecule has 1 fully saturated rings. The SMILES string of the molecule is CSCc1ccc(CN[C@@H]2CCCN(c3ccc(C)nn3)C2)o1. The van der Waals surface area contributed by atoms with E-state index >= 15 is 0 Å². The molecule has 0 aromatic carbocycles. The van der Waals surface area contributed by atoms with Gasteiger partial charge < -0.3 is 14.6 Å². The monoisotopic (exact) mass is 332 g/mol. The number of piperidine rings is 1. The third-order valence-electron chi connectivity index (χ3n) is 4.10. The second kappa shape index (κ2) is 7.84. The number of nitrogens with zero attached hydrogens (tertiary/aromatic N) is 3. The second-order valence-corrected chi connectivity index (χ2v) is 6.87. The minimum atomic E-state index is 0.459. The van der Waals surface area contributed by atoms with Gasteiger partial charge in [0.2, 0.25) is 0 Å². The Kier molecular flexibility index (Phi) is 5.56. The van der Waals surface area contributed by atoms with Crippen molar-refractivity contribution >= 4 is 17.6 Å². The lowest BCUT2D eigenvalue weighted by molar-refractivity contribution is 0.388. The Balaban J connectivity index is 1.53. The van der Waals surface area contributed by atoms with Gasteiger partial charge in [0, 0.05) is 19.1 Å². The van der Waals surface area contributed by atoms with E-state index in [2.05, 4.69) is 44.9 Å². The Hall–Kier alpha value is -1.53. The van der Waals surface area contributed by atoms with E-state index in [9.17, 15) is 0 Å². The highest BCUT2D eigenvalue weighted by Gasteiger charge is 2.21. The van der Waals surface area contributed by atoms with E-state index in [1.165, 1.54) is 12.8 Å². The number of anilines is 1. The van der Waals surface area contributed by atoms with Crippen LogP contribution < -0.4 is 10.2 Å². The van der Waals surface area contributed by atoms with Crippen molar-refractivity contribution in [3.05, 3.63) is 41.5 Å². The third kappa shape index (κ3) is 4.48. The van der Waals surface area contributed by atoms with Crippen molar-refractivity contribution in [2.24, 2.45) is 0 Å². The fourth-order valence-corrected chi connectivity index (χ4v) is 3.33. The molecule has 3 heterocycles. The molecule has 0 spiro atoms. The molecule has 0 amide bonds. The van der Waals surface area contributed by atoms with Crippen molar-refractivity contribution in [3.63, 3.8) is 0 Å². The molecule has 1 aliphatic heterocycles. The van der Waals surface area contributed by atoms with Crippen molar-refractivity contribution in [1.82, 2.24) is 15.5 Å². The van der Waals surface area contributed by atoms with E-state index < -0.39 is 0 Å². The zero-order valence-electron chi connectivity index (χ0n) is 13.8. The molecule has 2 aromatic rings. The number of thioether (sulfide) groups is 1. The van der Waals surface area contributed by atoms with Crippen molar-refractivity contribution in [3.8, 4) is 0 Å². The average Bonchev–Trinajstić information content (AvgIpc) is 3.02. The molecule has 0 aliphatic carbocycles. The summed E-state index contributed by atoms with van der Waals surface area (Å²) in [6.07, 6.45) is 4.45. The van der Waals surface area contributed by atoms with Gasteiger partial charge in [0.15, 0.2) is 5.82 Å². The number of hydrogen-bond acceptors (Lipinski definition) is 6. The van der Waals surface area contributed by atoms with E-state index in [1.807, 2.05) is 13.0 Å². The van der Waals surface area contributed by atoms with Crippen LogP contribution >= 0.6 is 11.8 Å². The lowest BCUT2D eigenvalue weighted by Crippen LogP contribution is -2.45. The molecular weight excluding hydrogens is 308 g/mol. The van der Waals surface area contributed by atoms with Crippen LogP contribution in [-0.4, -0.2) is 35.6 Å². The maximum absolute atomic E-state index is 5.82. The number of aryl methyl sites for hydroxylation is 1. The molecule has 1 atom stereocenters. The molecule has 0 radical (unpaired) electrons. The van der Waals surface area contributed by atoms with Crippen LogP contribution in [-0.2, 0) is 12.3 Å². The maximum Gasteiger partial charge on any atom is 0.151 e. The zero-order valence-corrected chi connectivity index (χ0v) is 14.6. The predicted molar refractivity (Wildman–Crippen MR) is 94.8 cm³/mol. The Bertz CT molecular complexity index is 613. The first-order valence-corrected chi connectivity index (χ1v) is 9.49. The molecule has 1 saturated heterocycles. The Morgan fingerprint density at radius 1 is 1.26 bits per heavy atom. The normalized spacial score (nSPS) is 18.3. The first-order valence-electron chi connectivity index (χ1n) is 8.10. The lowest BCUT2D eigenvalue weighted by Gasteiger charge is -2.33. The molecule has 0 saturated carbocycles. The van der Waals surface area contributed by atoms with Crippen LogP contribution in [0.1, 0.15) is 30.1 Å². The second-order valence-electron chi connectivity index (χ2n) is 6.00. The maximum atomic E-state index is 5.82.